The molecule has 1 atom stereocenters. The fourth-order valence-corrected chi connectivity index (χ4v) is 0.827. The van der Waals surface area contributed by atoms with Gasteiger partial charge in [0.1, 0.15) is 6.10 Å². The molecule has 0 saturated carbocycles. The van der Waals surface area contributed by atoms with Gasteiger partial charge in [-0.2, -0.15) is 0 Å². The highest BCUT2D eigenvalue weighted by Crippen LogP contribution is 2.09. The molecular weight excluding hydrogens is 200 g/mol. The Morgan fingerprint density at radius 2 is 2.07 bits per heavy atom. The molecule has 1 rings (SSSR count). The predicted molar refractivity (Wildman–Crippen MR) is 51.2 cm³/mol. The first-order valence-corrected chi connectivity index (χ1v) is 4.38. The van der Waals surface area contributed by atoms with Gasteiger partial charge in [0.15, 0.2) is 6.61 Å². The van der Waals surface area contributed by atoms with Gasteiger partial charge in [0.25, 0.3) is 0 Å². The van der Waals surface area contributed by atoms with Crippen LogP contribution < -0.4 is 0 Å². The van der Waals surface area contributed by atoms with Gasteiger partial charge in [-0.3, -0.25) is 0 Å². The zero-order valence-electron chi connectivity index (χ0n) is 7.98. The Hall–Kier alpha value is -1.66. The molecule has 82 valence electrons. The van der Waals surface area contributed by atoms with E-state index in [-0.39, 0.29) is 6.61 Å². The second kappa shape index (κ2) is 5.94. The van der Waals surface area contributed by atoms with E-state index in [0.29, 0.717) is 10.5 Å². The van der Waals surface area contributed by atoms with Crippen molar-refractivity contribution in [1.29, 1.82) is 0 Å². The van der Waals surface area contributed by atoms with E-state index < -0.39 is 12.7 Å². The Bertz CT molecular complexity index is 315. The lowest BCUT2D eigenvalue weighted by molar-refractivity contribution is -0.479. The third-order valence-electron chi connectivity index (χ3n) is 1.59. The van der Waals surface area contributed by atoms with Gasteiger partial charge in [-0.25, -0.2) is 0 Å². The minimum Gasteiger partial charge on any atom is -0.592 e. The standard InChI is InChI=1S/C9H12N2O4/c12-6-9(13)7-15-10-11(14)8-4-2-1-3-5-8/h1-5,9,12-13H,6-7H2/b11-10-. The molecule has 1 aromatic rings. The molecule has 0 spiro atoms. The number of aliphatic hydroxyl groups is 2. The molecule has 0 aliphatic heterocycles. The summed E-state index contributed by atoms with van der Waals surface area (Å²) < 4.78 is 0. The number of rotatable bonds is 5. The molecule has 0 amide bonds. The normalized spacial score (nSPS) is 13.6. The summed E-state index contributed by atoms with van der Waals surface area (Å²) in [6.07, 6.45) is -1.03. The van der Waals surface area contributed by atoms with Crippen molar-refractivity contribution >= 4 is 5.69 Å². The van der Waals surface area contributed by atoms with Gasteiger partial charge in [-0.15, -0.1) is 0 Å². The Kier molecular flexibility index (Phi) is 4.52. The number of hydrogen-bond acceptors (Lipinski definition) is 5. The van der Waals surface area contributed by atoms with Crippen molar-refractivity contribution in [1.82, 2.24) is 0 Å². The molecule has 0 saturated heterocycles. The number of benzene rings is 1. The summed E-state index contributed by atoms with van der Waals surface area (Å²) in [5.41, 5.74) is 0.330. The van der Waals surface area contributed by atoms with Crippen LogP contribution >= 0.6 is 0 Å². The topological polar surface area (TPSA) is 88.1 Å². The van der Waals surface area contributed by atoms with Crippen LogP contribution in [0.25, 0.3) is 0 Å². The third kappa shape index (κ3) is 3.92. The second-order valence-corrected chi connectivity index (χ2v) is 2.82. The van der Waals surface area contributed by atoms with Gasteiger partial charge in [-0.05, 0) is 4.86 Å². The smallest absolute Gasteiger partial charge is 0.248 e. The summed E-state index contributed by atoms with van der Waals surface area (Å²) in [6, 6.07) is 8.30. The molecule has 0 aliphatic rings. The predicted octanol–water partition coefficient (Wildman–Crippen LogP) is 0.565. The van der Waals surface area contributed by atoms with E-state index in [1.807, 2.05) is 0 Å². The number of para-hydroxylation sites is 1. The Labute approximate surface area is 86.6 Å². The SMILES string of the molecule is [O-]/[N+](=N\OCC(O)CO)c1ccccc1. The molecule has 1 aromatic carbocycles. The van der Waals surface area contributed by atoms with Crippen molar-refractivity contribution in [3.8, 4) is 0 Å². The summed E-state index contributed by atoms with van der Waals surface area (Å²) in [6.45, 7) is -0.651. The number of nitrogens with zero attached hydrogens (tertiary/aromatic N) is 2. The van der Waals surface area contributed by atoms with Crippen molar-refractivity contribution in [3.05, 3.63) is 35.5 Å². The first-order valence-electron chi connectivity index (χ1n) is 4.38. The van der Waals surface area contributed by atoms with Crippen molar-refractivity contribution < 1.29 is 19.9 Å². The van der Waals surface area contributed by atoms with Gasteiger partial charge in [0.05, 0.1) is 6.61 Å². The van der Waals surface area contributed by atoms with Gasteiger partial charge in [0.2, 0.25) is 11.0 Å². The summed E-state index contributed by atoms with van der Waals surface area (Å²) in [4.78, 5) is 4.83. The first-order chi connectivity index (χ1) is 7.24. The summed E-state index contributed by atoms with van der Waals surface area (Å²) >= 11 is 0. The lowest BCUT2D eigenvalue weighted by Gasteiger charge is -2.03. The van der Waals surface area contributed by atoms with Crippen LogP contribution in [0.5, 0.6) is 0 Å². The number of hydrogen-bond donors (Lipinski definition) is 2. The fraction of sp³-hybridized carbons (Fsp3) is 0.333. The van der Waals surface area contributed by atoms with Crippen LogP contribution in [0.1, 0.15) is 0 Å². The fourth-order valence-electron chi connectivity index (χ4n) is 0.827. The second-order valence-electron chi connectivity index (χ2n) is 2.82. The maximum Gasteiger partial charge on any atom is 0.248 e. The molecule has 0 aliphatic carbocycles. The molecule has 6 nitrogen and oxygen atoms in total. The van der Waals surface area contributed by atoms with Crippen molar-refractivity contribution in [2.45, 2.75) is 6.10 Å². The molecule has 0 fully saturated rings. The maximum atomic E-state index is 11.2. The van der Waals surface area contributed by atoms with E-state index in [1.165, 1.54) is 0 Å². The highest BCUT2D eigenvalue weighted by atomic mass is 16.7. The first kappa shape index (κ1) is 11.4. The molecular formula is C9H12N2O4. The lowest BCUT2D eigenvalue weighted by atomic mass is 10.3. The largest absolute Gasteiger partial charge is 0.592 e. The average molecular weight is 212 g/mol. The average Bonchev–Trinajstić information content (AvgIpc) is 2.29. The van der Waals surface area contributed by atoms with Gasteiger partial charge in [0, 0.05) is 12.1 Å². The van der Waals surface area contributed by atoms with Crippen molar-refractivity contribution in [2.24, 2.45) is 5.28 Å². The highest BCUT2D eigenvalue weighted by Gasteiger charge is 2.04. The Balaban J connectivity index is 2.47. The van der Waals surface area contributed by atoms with Gasteiger partial charge in [-0.1, -0.05) is 18.2 Å². The molecule has 0 aromatic heterocycles. The van der Waals surface area contributed by atoms with E-state index in [4.69, 9.17) is 10.2 Å². The summed E-state index contributed by atoms with van der Waals surface area (Å²) in [7, 11) is 0. The lowest BCUT2D eigenvalue weighted by Crippen LogP contribution is -2.18. The van der Waals surface area contributed by atoms with Crippen molar-refractivity contribution in [2.75, 3.05) is 13.2 Å². The van der Waals surface area contributed by atoms with Crippen LogP contribution in [0.4, 0.5) is 5.69 Å². The highest BCUT2D eigenvalue weighted by molar-refractivity contribution is 5.27. The van der Waals surface area contributed by atoms with E-state index >= 15 is 0 Å². The summed E-state index contributed by atoms with van der Waals surface area (Å²) in [5.74, 6) is 0. The van der Waals surface area contributed by atoms with Crippen LogP contribution in [-0.2, 0) is 4.84 Å². The van der Waals surface area contributed by atoms with Gasteiger partial charge < -0.3 is 20.3 Å². The van der Waals surface area contributed by atoms with Gasteiger partial charge >= 0.3 is 0 Å². The maximum absolute atomic E-state index is 11.2. The van der Waals surface area contributed by atoms with E-state index in [1.54, 1.807) is 30.3 Å². The van der Waals surface area contributed by atoms with E-state index in [9.17, 15) is 5.21 Å². The zero-order chi connectivity index (χ0) is 11.1. The van der Waals surface area contributed by atoms with Crippen LogP contribution in [0.2, 0.25) is 0 Å². The van der Waals surface area contributed by atoms with Crippen LogP contribution in [0.15, 0.2) is 35.6 Å². The van der Waals surface area contributed by atoms with Crippen LogP contribution in [0.3, 0.4) is 0 Å². The Morgan fingerprint density at radius 1 is 1.40 bits per heavy atom. The summed E-state index contributed by atoms with van der Waals surface area (Å²) in [5, 5.41) is 31.7. The quantitative estimate of drug-likeness (QED) is 0.424. The molecule has 15 heavy (non-hydrogen) atoms. The van der Waals surface area contributed by atoms with Crippen molar-refractivity contribution in [3.63, 3.8) is 0 Å². The molecule has 1 unspecified atom stereocenters. The minimum absolute atomic E-state index is 0.220. The number of aliphatic hydroxyl groups excluding tert-OH is 2. The molecule has 0 heterocycles. The molecule has 0 radical (unpaired) electrons. The third-order valence-corrected chi connectivity index (χ3v) is 1.59. The molecule has 6 heteroatoms. The molecule has 2 N–H and O–H groups in total. The monoisotopic (exact) mass is 212 g/mol. The minimum atomic E-state index is -1.03. The zero-order valence-corrected chi connectivity index (χ0v) is 7.98. The molecule has 0 bridgehead atoms. The Morgan fingerprint density at radius 3 is 2.67 bits per heavy atom. The van der Waals surface area contributed by atoms with E-state index in [0.717, 1.165) is 0 Å². The van der Waals surface area contributed by atoms with E-state index in [2.05, 4.69) is 10.1 Å². The van der Waals surface area contributed by atoms with Crippen LogP contribution in [0, 0.1) is 5.21 Å². The van der Waals surface area contributed by atoms with Crippen LogP contribution in [-0.4, -0.2) is 34.4 Å².